The van der Waals surface area contributed by atoms with E-state index in [1.807, 2.05) is 0 Å². The SMILES string of the molecule is O=C(CC1CCC2(CC1)OOC1(CCCCCCCCCCC1)OO2)N1CCS(=O)(=O)CC1. The zero-order valence-corrected chi connectivity index (χ0v) is 20.7. The number of amides is 1. The van der Waals surface area contributed by atoms with Crippen LogP contribution < -0.4 is 0 Å². The maximum atomic E-state index is 12.6. The van der Waals surface area contributed by atoms with Crippen LogP contribution in [0.15, 0.2) is 0 Å². The minimum atomic E-state index is -2.98. The summed E-state index contributed by atoms with van der Waals surface area (Å²) in [5.74, 6) is -1.24. The van der Waals surface area contributed by atoms with E-state index < -0.39 is 21.4 Å². The molecule has 2 saturated carbocycles. The van der Waals surface area contributed by atoms with E-state index in [4.69, 9.17) is 19.6 Å². The van der Waals surface area contributed by atoms with Crippen LogP contribution in [-0.4, -0.2) is 55.4 Å². The lowest BCUT2D eigenvalue weighted by Crippen LogP contribution is -2.52. The highest BCUT2D eigenvalue weighted by Gasteiger charge is 2.50. The van der Waals surface area contributed by atoms with E-state index in [-0.39, 0.29) is 23.3 Å². The molecule has 4 aliphatic rings. The van der Waals surface area contributed by atoms with Gasteiger partial charge in [0.15, 0.2) is 9.84 Å². The Balaban J connectivity index is 1.22. The van der Waals surface area contributed by atoms with Crippen LogP contribution in [0.1, 0.15) is 103 Å². The lowest BCUT2D eigenvalue weighted by atomic mass is 9.83. The topological polar surface area (TPSA) is 91.4 Å². The summed E-state index contributed by atoms with van der Waals surface area (Å²) in [5, 5.41) is 0. The minimum Gasteiger partial charge on any atom is -0.341 e. The lowest BCUT2D eigenvalue weighted by molar-refractivity contribution is -0.662. The summed E-state index contributed by atoms with van der Waals surface area (Å²) >= 11 is 0. The predicted molar refractivity (Wildman–Crippen MR) is 122 cm³/mol. The molecule has 0 N–H and O–H groups in total. The molecule has 0 aromatic heterocycles. The number of rotatable bonds is 2. The van der Waals surface area contributed by atoms with Crippen LogP contribution in [0.4, 0.5) is 0 Å². The van der Waals surface area contributed by atoms with E-state index >= 15 is 0 Å². The largest absolute Gasteiger partial charge is 0.341 e. The average molecular weight is 488 g/mol. The first-order valence-corrected chi connectivity index (χ1v) is 14.9. The average Bonchev–Trinajstić information content (AvgIpc) is 2.80. The molecule has 9 heteroatoms. The fourth-order valence-corrected chi connectivity index (χ4v) is 6.68. The van der Waals surface area contributed by atoms with Gasteiger partial charge in [-0.1, -0.05) is 44.9 Å². The third-order valence-electron chi connectivity index (χ3n) is 7.83. The van der Waals surface area contributed by atoms with Crippen molar-refractivity contribution in [2.45, 2.75) is 114 Å². The summed E-state index contributed by atoms with van der Waals surface area (Å²) in [5.41, 5.74) is 0. The van der Waals surface area contributed by atoms with E-state index in [2.05, 4.69) is 0 Å². The molecular formula is C24H41NO7S. The smallest absolute Gasteiger partial charge is 0.234 e. The van der Waals surface area contributed by atoms with Crippen molar-refractivity contribution in [1.29, 1.82) is 0 Å². The van der Waals surface area contributed by atoms with Gasteiger partial charge in [0.05, 0.1) is 11.5 Å². The molecule has 8 nitrogen and oxygen atoms in total. The van der Waals surface area contributed by atoms with E-state index in [0.29, 0.717) is 32.4 Å². The first kappa shape index (κ1) is 25.4. The fraction of sp³-hybridized carbons (Fsp3) is 0.958. The van der Waals surface area contributed by atoms with Gasteiger partial charge in [-0.05, 0) is 31.6 Å². The van der Waals surface area contributed by atoms with Crippen LogP contribution in [0.5, 0.6) is 0 Å². The van der Waals surface area contributed by atoms with Crippen LogP contribution in [0, 0.1) is 5.92 Å². The van der Waals surface area contributed by atoms with Gasteiger partial charge in [-0.3, -0.25) is 4.79 Å². The minimum absolute atomic E-state index is 0.0519. The van der Waals surface area contributed by atoms with Crippen molar-refractivity contribution >= 4 is 15.7 Å². The molecule has 1 amide bonds. The molecular weight excluding hydrogens is 446 g/mol. The van der Waals surface area contributed by atoms with Gasteiger partial charge in [0.1, 0.15) is 0 Å². The second-order valence-corrected chi connectivity index (χ2v) is 12.8. The van der Waals surface area contributed by atoms with Crippen molar-refractivity contribution in [3.8, 4) is 0 Å². The van der Waals surface area contributed by atoms with E-state index in [1.54, 1.807) is 4.90 Å². The third-order valence-corrected chi connectivity index (χ3v) is 9.44. The number of carbonyl (C=O) groups excluding carboxylic acids is 1. The van der Waals surface area contributed by atoms with Crippen LogP contribution in [0.25, 0.3) is 0 Å². The highest BCUT2D eigenvalue weighted by Crippen LogP contribution is 2.44. The summed E-state index contributed by atoms with van der Waals surface area (Å²) < 4.78 is 23.2. The van der Waals surface area contributed by atoms with Gasteiger partial charge in [-0.2, -0.15) is 19.6 Å². The van der Waals surface area contributed by atoms with E-state index in [1.165, 1.54) is 44.9 Å². The molecule has 0 unspecified atom stereocenters. The Morgan fingerprint density at radius 2 is 1.12 bits per heavy atom. The second-order valence-electron chi connectivity index (χ2n) is 10.5. The number of sulfone groups is 1. The standard InChI is InChI=1S/C24H41NO7S/c26-22(25-16-18-33(27,28)19-17-25)20-21-10-14-24(15-11-21)31-29-23(30-32-24)12-8-6-4-2-1-3-5-7-9-13-23/h21H,1-20H2. The van der Waals surface area contributed by atoms with Gasteiger partial charge in [-0.25, -0.2) is 8.42 Å². The molecule has 2 aliphatic carbocycles. The zero-order valence-electron chi connectivity index (χ0n) is 19.9. The second kappa shape index (κ2) is 11.3. The first-order chi connectivity index (χ1) is 15.9. The van der Waals surface area contributed by atoms with E-state index in [9.17, 15) is 13.2 Å². The van der Waals surface area contributed by atoms with Gasteiger partial charge in [0.2, 0.25) is 17.5 Å². The molecule has 2 spiro atoms. The van der Waals surface area contributed by atoms with Gasteiger partial charge < -0.3 is 4.90 Å². The van der Waals surface area contributed by atoms with Crippen molar-refractivity contribution < 1.29 is 32.8 Å². The number of nitrogens with zero attached hydrogens (tertiary/aromatic N) is 1. The van der Waals surface area contributed by atoms with Crippen LogP contribution >= 0.6 is 0 Å². The third kappa shape index (κ3) is 7.13. The van der Waals surface area contributed by atoms with Crippen molar-refractivity contribution in [1.82, 2.24) is 4.90 Å². The Bertz CT molecular complexity index is 710. The first-order valence-electron chi connectivity index (χ1n) is 13.1. The predicted octanol–water partition coefficient (Wildman–Crippen LogP) is 4.43. The monoisotopic (exact) mass is 487 g/mol. The maximum absolute atomic E-state index is 12.6. The fourth-order valence-electron chi connectivity index (χ4n) is 5.48. The summed E-state index contributed by atoms with van der Waals surface area (Å²) in [4.78, 5) is 38.0. The summed E-state index contributed by atoms with van der Waals surface area (Å²) in [6.07, 6.45) is 15.8. The summed E-state index contributed by atoms with van der Waals surface area (Å²) in [6, 6.07) is 0. The van der Waals surface area contributed by atoms with Gasteiger partial charge >= 0.3 is 0 Å². The molecule has 2 saturated heterocycles. The maximum Gasteiger partial charge on any atom is 0.234 e. The molecule has 190 valence electrons. The lowest BCUT2D eigenvalue weighted by Gasteiger charge is -2.45. The Kier molecular flexibility index (Phi) is 8.71. The molecule has 0 atom stereocenters. The molecule has 4 fully saturated rings. The number of hydrogen-bond acceptors (Lipinski definition) is 7. The molecule has 0 aromatic rings. The Morgan fingerprint density at radius 1 is 0.697 bits per heavy atom. The van der Waals surface area contributed by atoms with Gasteiger partial charge in [0, 0.05) is 45.2 Å². The Labute approximate surface area is 198 Å². The molecule has 4 rings (SSSR count). The summed E-state index contributed by atoms with van der Waals surface area (Å²) in [7, 11) is -2.98. The van der Waals surface area contributed by atoms with Crippen molar-refractivity contribution in [3.63, 3.8) is 0 Å². The van der Waals surface area contributed by atoms with Crippen LogP contribution in [-0.2, 0) is 34.2 Å². The highest BCUT2D eigenvalue weighted by atomic mass is 32.2. The Hall–Kier alpha value is -0.740. The van der Waals surface area contributed by atoms with Gasteiger partial charge in [-0.15, -0.1) is 0 Å². The molecule has 2 aliphatic heterocycles. The van der Waals surface area contributed by atoms with Crippen molar-refractivity contribution in [3.05, 3.63) is 0 Å². The van der Waals surface area contributed by atoms with Crippen LogP contribution in [0.2, 0.25) is 0 Å². The molecule has 0 aromatic carbocycles. The van der Waals surface area contributed by atoms with Crippen LogP contribution in [0.3, 0.4) is 0 Å². The van der Waals surface area contributed by atoms with Gasteiger partial charge in [0.25, 0.3) is 0 Å². The normalized spacial score (nSPS) is 29.3. The number of carbonyl (C=O) groups is 1. The highest BCUT2D eigenvalue weighted by molar-refractivity contribution is 7.91. The quantitative estimate of drug-likeness (QED) is 0.532. The molecule has 0 radical (unpaired) electrons. The molecule has 0 bridgehead atoms. The van der Waals surface area contributed by atoms with E-state index in [0.717, 1.165) is 38.5 Å². The van der Waals surface area contributed by atoms with Crippen molar-refractivity contribution in [2.75, 3.05) is 24.6 Å². The molecule has 33 heavy (non-hydrogen) atoms. The molecule has 2 heterocycles. The Morgan fingerprint density at radius 3 is 1.61 bits per heavy atom. The van der Waals surface area contributed by atoms with Crippen molar-refractivity contribution in [2.24, 2.45) is 5.92 Å². The number of hydrogen-bond donors (Lipinski definition) is 0. The zero-order chi connectivity index (χ0) is 23.2. The summed E-state index contributed by atoms with van der Waals surface area (Å²) in [6.45, 7) is 0.627.